The SMILES string of the molecule is Cl.O=C(NC1CCNC1)c1cccc(OC2CCCC2)c1. The summed E-state index contributed by atoms with van der Waals surface area (Å²) in [5.74, 6) is 0.810. The molecule has 0 aromatic heterocycles. The van der Waals surface area contributed by atoms with E-state index in [9.17, 15) is 4.79 Å². The minimum atomic E-state index is -0.00410. The monoisotopic (exact) mass is 310 g/mol. The third kappa shape index (κ3) is 4.35. The van der Waals surface area contributed by atoms with Gasteiger partial charge in [0.2, 0.25) is 0 Å². The van der Waals surface area contributed by atoms with Crippen LogP contribution < -0.4 is 15.4 Å². The quantitative estimate of drug-likeness (QED) is 0.898. The molecule has 1 aliphatic carbocycles. The summed E-state index contributed by atoms with van der Waals surface area (Å²) in [5.41, 5.74) is 0.687. The van der Waals surface area contributed by atoms with Crippen LogP contribution in [0.15, 0.2) is 24.3 Å². The van der Waals surface area contributed by atoms with Crippen molar-refractivity contribution in [3.05, 3.63) is 29.8 Å². The summed E-state index contributed by atoms with van der Waals surface area (Å²) in [6, 6.07) is 7.79. The molecule has 1 atom stereocenters. The Morgan fingerprint density at radius 2 is 2.05 bits per heavy atom. The summed E-state index contributed by atoms with van der Waals surface area (Å²) in [6.45, 7) is 1.85. The summed E-state index contributed by atoms with van der Waals surface area (Å²) < 4.78 is 5.94. The van der Waals surface area contributed by atoms with Gasteiger partial charge in [-0.2, -0.15) is 0 Å². The van der Waals surface area contributed by atoms with Gasteiger partial charge >= 0.3 is 0 Å². The molecule has 0 radical (unpaired) electrons. The molecule has 2 N–H and O–H groups in total. The lowest BCUT2D eigenvalue weighted by atomic mass is 10.1. The number of rotatable bonds is 4. The van der Waals surface area contributed by atoms with Crippen LogP contribution in [-0.2, 0) is 0 Å². The molecule has 1 saturated heterocycles. The number of carbonyl (C=O) groups is 1. The average molecular weight is 311 g/mol. The van der Waals surface area contributed by atoms with Gasteiger partial charge in [0, 0.05) is 18.2 Å². The lowest BCUT2D eigenvalue weighted by Crippen LogP contribution is -2.36. The van der Waals surface area contributed by atoms with Gasteiger partial charge in [-0.15, -0.1) is 12.4 Å². The van der Waals surface area contributed by atoms with Gasteiger partial charge in [-0.1, -0.05) is 6.07 Å². The second-order valence-electron chi connectivity index (χ2n) is 5.72. The Kier molecular flexibility index (Phi) is 5.88. The van der Waals surface area contributed by atoms with Crippen LogP contribution in [0.2, 0.25) is 0 Å². The van der Waals surface area contributed by atoms with E-state index in [4.69, 9.17) is 4.74 Å². The number of benzene rings is 1. The number of carbonyl (C=O) groups excluding carboxylic acids is 1. The van der Waals surface area contributed by atoms with E-state index >= 15 is 0 Å². The van der Waals surface area contributed by atoms with Gasteiger partial charge < -0.3 is 15.4 Å². The van der Waals surface area contributed by atoms with Crippen molar-refractivity contribution < 1.29 is 9.53 Å². The van der Waals surface area contributed by atoms with Crippen molar-refractivity contribution in [3.8, 4) is 5.75 Å². The molecule has 1 unspecified atom stereocenters. The molecule has 1 aromatic rings. The minimum absolute atomic E-state index is 0. The van der Waals surface area contributed by atoms with E-state index in [1.54, 1.807) is 0 Å². The zero-order valence-electron chi connectivity index (χ0n) is 12.1. The fourth-order valence-electron chi connectivity index (χ4n) is 2.96. The van der Waals surface area contributed by atoms with Crippen LogP contribution >= 0.6 is 12.4 Å². The predicted octanol–water partition coefficient (Wildman–Crippen LogP) is 2.52. The molecule has 1 amide bonds. The topological polar surface area (TPSA) is 50.4 Å². The molecule has 0 spiro atoms. The zero-order valence-corrected chi connectivity index (χ0v) is 13.0. The molecular weight excluding hydrogens is 288 g/mol. The maximum absolute atomic E-state index is 12.2. The van der Waals surface area contributed by atoms with Crippen LogP contribution in [0.4, 0.5) is 0 Å². The van der Waals surface area contributed by atoms with Crippen LogP contribution in [0.5, 0.6) is 5.75 Å². The van der Waals surface area contributed by atoms with E-state index in [0.717, 1.165) is 38.1 Å². The molecule has 116 valence electrons. The number of hydrogen-bond acceptors (Lipinski definition) is 3. The lowest BCUT2D eigenvalue weighted by Gasteiger charge is -2.15. The molecule has 21 heavy (non-hydrogen) atoms. The summed E-state index contributed by atoms with van der Waals surface area (Å²) in [7, 11) is 0. The Morgan fingerprint density at radius 3 is 2.76 bits per heavy atom. The Hall–Kier alpha value is -1.26. The molecule has 5 heteroatoms. The summed E-state index contributed by atoms with van der Waals surface area (Å²) in [6.07, 6.45) is 6.09. The van der Waals surface area contributed by atoms with E-state index in [0.29, 0.717) is 11.7 Å². The number of halogens is 1. The molecule has 3 rings (SSSR count). The van der Waals surface area contributed by atoms with Gasteiger partial charge in [0.15, 0.2) is 0 Å². The normalized spacial score (nSPS) is 21.8. The first-order chi connectivity index (χ1) is 9.81. The van der Waals surface area contributed by atoms with Gasteiger partial charge in [0.05, 0.1) is 6.10 Å². The summed E-state index contributed by atoms with van der Waals surface area (Å²) in [5, 5.41) is 6.31. The molecule has 2 fully saturated rings. The number of amides is 1. The molecule has 1 aliphatic heterocycles. The highest BCUT2D eigenvalue weighted by atomic mass is 35.5. The highest BCUT2D eigenvalue weighted by molar-refractivity contribution is 5.94. The Bertz CT molecular complexity index is 469. The second-order valence-corrected chi connectivity index (χ2v) is 5.72. The van der Waals surface area contributed by atoms with Gasteiger partial charge in [0.25, 0.3) is 5.91 Å². The first-order valence-electron chi connectivity index (χ1n) is 7.59. The predicted molar refractivity (Wildman–Crippen MR) is 85.3 cm³/mol. The fraction of sp³-hybridized carbons (Fsp3) is 0.562. The van der Waals surface area contributed by atoms with E-state index in [1.807, 2.05) is 24.3 Å². The minimum Gasteiger partial charge on any atom is -0.490 e. The van der Waals surface area contributed by atoms with Crippen molar-refractivity contribution >= 4 is 18.3 Å². The molecule has 2 aliphatic rings. The van der Waals surface area contributed by atoms with Crippen LogP contribution in [0.1, 0.15) is 42.5 Å². The molecular formula is C16H23ClN2O2. The zero-order chi connectivity index (χ0) is 13.8. The van der Waals surface area contributed by atoms with Crippen LogP contribution in [0.3, 0.4) is 0 Å². The molecule has 1 saturated carbocycles. The lowest BCUT2D eigenvalue weighted by molar-refractivity contribution is 0.0939. The number of nitrogens with one attached hydrogen (secondary N) is 2. The number of hydrogen-bond donors (Lipinski definition) is 2. The van der Waals surface area contributed by atoms with E-state index in [1.165, 1.54) is 12.8 Å². The van der Waals surface area contributed by atoms with Crippen LogP contribution in [0, 0.1) is 0 Å². The number of ether oxygens (including phenoxy) is 1. The fourth-order valence-corrected chi connectivity index (χ4v) is 2.96. The molecule has 1 aromatic carbocycles. The van der Waals surface area contributed by atoms with E-state index in [2.05, 4.69) is 10.6 Å². The Balaban J connectivity index is 0.00000161. The summed E-state index contributed by atoms with van der Waals surface area (Å²) >= 11 is 0. The maximum atomic E-state index is 12.2. The van der Waals surface area contributed by atoms with Crippen molar-refractivity contribution in [2.45, 2.75) is 44.2 Å². The van der Waals surface area contributed by atoms with E-state index < -0.39 is 0 Å². The van der Waals surface area contributed by atoms with Crippen molar-refractivity contribution in [2.24, 2.45) is 0 Å². The van der Waals surface area contributed by atoms with Crippen molar-refractivity contribution in [1.82, 2.24) is 10.6 Å². The van der Waals surface area contributed by atoms with Crippen molar-refractivity contribution in [2.75, 3.05) is 13.1 Å². The Labute approximate surface area is 132 Å². The average Bonchev–Trinajstić information content (AvgIpc) is 3.12. The standard InChI is InChI=1S/C16H22N2O2.ClH/c19-16(18-13-8-9-17-11-13)12-4-3-7-15(10-12)20-14-5-1-2-6-14;/h3-4,7,10,13-14,17H,1-2,5-6,8-9,11H2,(H,18,19);1H. The largest absolute Gasteiger partial charge is 0.490 e. The van der Waals surface area contributed by atoms with Crippen molar-refractivity contribution in [3.63, 3.8) is 0 Å². The third-order valence-electron chi connectivity index (χ3n) is 4.10. The van der Waals surface area contributed by atoms with E-state index in [-0.39, 0.29) is 24.4 Å². The van der Waals surface area contributed by atoms with Crippen LogP contribution in [0.25, 0.3) is 0 Å². The third-order valence-corrected chi connectivity index (χ3v) is 4.10. The van der Waals surface area contributed by atoms with Crippen LogP contribution in [-0.4, -0.2) is 31.1 Å². The molecule has 1 heterocycles. The van der Waals surface area contributed by atoms with Crippen molar-refractivity contribution in [1.29, 1.82) is 0 Å². The summed E-state index contributed by atoms with van der Waals surface area (Å²) in [4.78, 5) is 12.2. The second kappa shape index (κ2) is 7.66. The van der Waals surface area contributed by atoms with Gasteiger partial charge in [-0.3, -0.25) is 4.79 Å². The maximum Gasteiger partial charge on any atom is 0.251 e. The molecule has 4 nitrogen and oxygen atoms in total. The Morgan fingerprint density at radius 1 is 1.24 bits per heavy atom. The highest BCUT2D eigenvalue weighted by Crippen LogP contribution is 2.24. The van der Waals surface area contributed by atoms with Gasteiger partial charge in [0.1, 0.15) is 5.75 Å². The first-order valence-corrected chi connectivity index (χ1v) is 7.59. The molecule has 0 bridgehead atoms. The van der Waals surface area contributed by atoms with Gasteiger partial charge in [-0.05, 0) is 56.8 Å². The van der Waals surface area contributed by atoms with Gasteiger partial charge in [-0.25, -0.2) is 0 Å². The highest BCUT2D eigenvalue weighted by Gasteiger charge is 2.19. The first kappa shape index (κ1) is 16.1. The smallest absolute Gasteiger partial charge is 0.251 e.